The average Bonchev–Trinajstić information content (AvgIpc) is 0.808. The predicted molar refractivity (Wildman–Crippen MR) is 307 cm³/mol. The zero-order valence-electron chi connectivity index (χ0n) is 43.4. The Morgan fingerprint density at radius 3 is 1.01 bits per heavy atom. The summed E-state index contributed by atoms with van der Waals surface area (Å²) in [5, 5.41) is 12.0. The molecule has 0 aliphatic heterocycles. The summed E-state index contributed by atoms with van der Waals surface area (Å²) in [7, 11) is -31.3. The first kappa shape index (κ1) is 62.9. The molecular formula is C51H42N6O23S6+2. The number of hydrogen-bond donors (Lipinski definition) is 10. The zero-order chi connectivity index (χ0) is 63.4. The number of rotatable bonds is 16. The van der Waals surface area contributed by atoms with E-state index in [2.05, 4.69) is 31.9 Å². The molecule has 0 fully saturated rings. The fourth-order valence-electron chi connectivity index (χ4n) is 8.50. The summed E-state index contributed by atoms with van der Waals surface area (Å²) in [4.78, 5) is 61.2. The smallest absolute Gasteiger partial charge is 0.435 e. The molecule has 0 radical (unpaired) electrons. The van der Waals surface area contributed by atoms with Crippen molar-refractivity contribution in [2.45, 2.75) is 43.2 Å². The molecule has 0 bridgehead atoms. The van der Waals surface area contributed by atoms with Crippen LogP contribution in [0.2, 0.25) is 0 Å². The summed E-state index contributed by atoms with van der Waals surface area (Å²) in [5.74, 6) is -3.51. The van der Waals surface area contributed by atoms with Gasteiger partial charge in [0.1, 0.15) is 30.0 Å². The van der Waals surface area contributed by atoms with E-state index in [1.54, 1.807) is 13.8 Å². The lowest BCUT2D eigenvalue weighted by Crippen LogP contribution is -2.21. The van der Waals surface area contributed by atoms with E-state index in [0.717, 1.165) is 12.1 Å². The molecule has 8 rings (SSSR count). The van der Waals surface area contributed by atoms with Gasteiger partial charge in [-0.3, -0.25) is 19.2 Å². The van der Waals surface area contributed by atoms with E-state index in [1.807, 2.05) is 0 Å². The molecule has 0 aliphatic rings. The standard InChI is InChI=1S/C51H40N6O23S6/c1-25-9-11-29(49(60)54-37-13-15-41(83(69,70)71)35-21-33(81(63,64)65)23-43(45(35)37)85(75,76)77)19-39(25)56-47(58)27-5-3-7-31(17-27)52-51(62)53-32-8-4-6-28(18-32)48(59)57-40-20-30(12-10-26(40)2)50(61)55-38-14-16-42(84(72,73)74)36-22-34(82(66,67)68)24-44(46(36)38)86(78,79)80/h3-24H,1-2H3,(H,54,60)(H,55,61)(H,56,58)(H,57,59)(H2,52,53,62)(H,63,64,65)(H,66,67,68)(H,69,70,71)(H,72,73,74)(H,75,76,77)(H,78,79,80)/p+2. The number of carbonyl (C=O) groups is 5. The Hall–Kier alpha value is -9.11. The molecule has 29 nitrogen and oxygen atoms in total. The van der Waals surface area contributed by atoms with Crippen LogP contribution in [-0.4, -0.2) is 107 Å². The highest BCUT2D eigenvalue weighted by molar-refractivity contribution is 7.88. The van der Waals surface area contributed by atoms with Crippen LogP contribution in [0.1, 0.15) is 52.6 Å². The summed E-state index contributed by atoms with van der Waals surface area (Å²) < 4.78 is 202. The third kappa shape index (κ3) is 14.0. The minimum Gasteiger partial charge on any atom is -0.744 e. The Morgan fingerprint density at radius 1 is 0.372 bits per heavy atom. The first-order valence-electron chi connectivity index (χ1n) is 23.6. The highest BCUT2D eigenvalue weighted by Crippen LogP contribution is 2.39. The van der Waals surface area contributed by atoms with Gasteiger partial charge in [0, 0.05) is 66.5 Å². The molecule has 0 saturated heterocycles. The first-order valence-corrected chi connectivity index (χ1v) is 32.3. The van der Waals surface area contributed by atoms with Gasteiger partial charge in [-0.15, -0.1) is 16.8 Å². The van der Waals surface area contributed by atoms with Gasteiger partial charge in [-0.1, -0.05) is 24.3 Å². The summed E-state index contributed by atoms with van der Waals surface area (Å²) in [5.41, 5.74) is -0.222. The number of amides is 6. The molecule has 35 heteroatoms. The van der Waals surface area contributed by atoms with Gasteiger partial charge in [0.25, 0.3) is 23.6 Å². The molecule has 0 saturated carbocycles. The number of fused-ring (bicyclic) bond motifs is 2. The van der Waals surface area contributed by atoms with E-state index in [4.69, 9.17) is 0 Å². The maximum atomic E-state index is 13.7. The summed E-state index contributed by atoms with van der Waals surface area (Å²) >= 11 is 0. The maximum absolute atomic E-state index is 13.7. The number of hydrogen-bond acceptors (Lipinski definition) is 15. The number of carbonyl (C=O) groups excluding carboxylic acids is 5. The fourth-order valence-corrected chi connectivity index (χ4v) is 12.6. The van der Waals surface area contributed by atoms with Crippen molar-refractivity contribution in [3.63, 3.8) is 0 Å². The second-order valence-corrected chi connectivity index (χ2v) is 26.9. The Kier molecular flexibility index (Phi) is 16.9. The molecule has 0 aliphatic carbocycles. The fraction of sp³-hybridized carbons (Fsp3) is 0.0392. The zero-order valence-corrected chi connectivity index (χ0v) is 48.3. The van der Waals surface area contributed by atoms with Crippen LogP contribution < -0.4 is 31.9 Å². The van der Waals surface area contributed by atoms with Crippen LogP contribution >= 0.6 is 0 Å². The molecule has 448 valence electrons. The van der Waals surface area contributed by atoms with Crippen LogP contribution in [0.4, 0.5) is 38.9 Å². The van der Waals surface area contributed by atoms with Gasteiger partial charge in [0.2, 0.25) is 0 Å². The Labute approximate surface area is 487 Å². The van der Waals surface area contributed by atoms with Crippen molar-refractivity contribution < 1.29 is 102 Å². The average molecular weight is 1300 g/mol. The molecule has 8 aromatic carbocycles. The minimum atomic E-state index is -5.45. The number of urea groups is 1. The summed E-state index contributed by atoms with van der Waals surface area (Å²) in [6, 6.07) is 23.0. The van der Waals surface area contributed by atoms with E-state index < -0.39 is 153 Å². The lowest BCUT2D eigenvalue weighted by Gasteiger charge is -2.17. The van der Waals surface area contributed by atoms with Crippen molar-refractivity contribution in [1.82, 2.24) is 0 Å². The van der Waals surface area contributed by atoms with Crippen LogP contribution in [-0.2, 0) is 60.7 Å². The predicted octanol–water partition coefficient (Wildman–Crippen LogP) is 6.69. The minimum absolute atomic E-state index is 0.0149. The van der Waals surface area contributed by atoms with Gasteiger partial charge >= 0.3 is 46.5 Å². The largest absolute Gasteiger partial charge is 0.744 e. The van der Waals surface area contributed by atoms with Crippen LogP contribution in [0, 0.1) is 13.8 Å². The van der Waals surface area contributed by atoms with E-state index in [1.165, 1.54) is 84.9 Å². The topological polar surface area (TPSA) is 507 Å². The number of anilines is 6. The molecular weight excluding hydrogens is 1260 g/mol. The lowest BCUT2D eigenvalue weighted by atomic mass is 10.1. The molecule has 4 atom stereocenters. The molecule has 14 N–H and O–H groups in total. The molecule has 6 amide bonds. The Morgan fingerprint density at radius 2 is 0.698 bits per heavy atom. The van der Waals surface area contributed by atoms with Gasteiger partial charge in [0.05, 0.1) is 21.2 Å². The van der Waals surface area contributed by atoms with Gasteiger partial charge in [-0.2, -0.15) is 16.8 Å². The van der Waals surface area contributed by atoms with Crippen LogP contribution in [0.25, 0.3) is 21.5 Å². The van der Waals surface area contributed by atoms with Gasteiger partial charge in [-0.25, -0.2) is 39.8 Å². The van der Waals surface area contributed by atoms with Crippen molar-refractivity contribution in [1.29, 1.82) is 0 Å². The highest BCUT2D eigenvalue weighted by atomic mass is 32.2. The third-order valence-electron chi connectivity index (χ3n) is 12.5. The number of aryl methyl sites for hydroxylation is 2. The molecule has 4 unspecified atom stereocenters. The van der Waals surface area contributed by atoms with Crippen LogP contribution in [0.3, 0.4) is 0 Å². The third-order valence-corrected chi connectivity index (χ3v) is 17.8. The molecule has 0 spiro atoms. The SMILES string of the molecule is Cc1ccc(C(=O)Nc2ccc(S(=O)(=O)[O-])c3cc(S(=O)(O)=[OH+])cc(S(=O)(O)=[OH+])c23)cc1NC(=O)c1cccc(NC(=O)Nc2cccc(C(=O)Nc3cc(C(=O)Nc4ccc(S(=O)(=O)[O-])c5cc(S(=O)(O)=[OH+])cc(S(=O)(O)=[OH+])c45)ccc3C)c2)c1. The molecule has 8 aromatic rings. The molecule has 0 aromatic heterocycles. The van der Waals surface area contributed by atoms with Crippen molar-refractivity contribution >= 4 is 146 Å². The highest BCUT2D eigenvalue weighted by Gasteiger charge is 2.33. The number of nitrogens with one attached hydrogen (secondary N) is 6. The van der Waals surface area contributed by atoms with Crippen molar-refractivity contribution in [2.24, 2.45) is 0 Å². The Bertz CT molecular complexity index is 4710. The van der Waals surface area contributed by atoms with E-state index in [0.29, 0.717) is 47.5 Å². The lowest BCUT2D eigenvalue weighted by molar-refractivity contribution is 0.101. The van der Waals surface area contributed by atoms with E-state index in [-0.39, 0.29) is 45.0 Å². The second kappa shape index (κ2) is 23.0. The van der Waals surface area contributed by atoms with E-state index >= 15 is 0 Å². The van der Waals surface area contributed by atoms with Gasteiger partial charge < -0.3 is 41.0 Å². The van der Waals surface area contributed by atoms with Crippen molar-refractivity contribution in [3.8, 4) is 0 Å². The monoisotopic (exact) mass is 1300 g/mol. The van der Waals surface area contributed by atoms with Crippen molar-refractivity contribution in [3.05, 3.63) is 167 Å². The maximum Gasteiger partial charge on any atom is 0.435 e. The summed E-state index contributed by atoms with van der Waals surface area (Å²) in [6.45, 7) is 3.13. The van der Waals surface area contributed by atoms with Gasteiger partial charge in [0.15, 0.2) is 9.79 Å². The second-order valence-electron chi connectivity index (χ2n) is 18.4. The Balaban J connectivity index is 0.946. The molecule has 86 heavy (non-hydrogen) atoms. The van der Waals surface area contributed by atoms with Crippen LogP contribution in [0.15, 0.2) is 163 Å². The molecule has 0 heterocycles. The summed E-state index contributed by atoms with van der Waals surface area (Å²) in [6.07, 6.45) is 0. The number of benzene rings is 8. The van der Waals surface area contributed by atoms with Crippen molar-refractivity contribution in [2.75, 3.05) is 31.9 Å². The normalized spacial score (nSPS) is 14.5. The quantitative estimate of drug-likeness (QED) is 0.0356. The first-order chi connectivity index (χ1) is 39.8. The van der Waals surface area contributed by atoms with E-state index in [9.17, 15) is 102 Å². The van der Waals surface area contributed by atoms with Crippen LogP contribution in [0.5, 0.6) is 0 Å². The van der Waals surface area contributed by atoms with Gasteiger partial charge in [-0.05, 0) is 134 Å².